The molecule has 0 saturated heterocycles. The van der Waals surface area contributed by atoms with Crippen molar-refractivity contribution in [2.75, 3.05) is 0 Å². The number of hydrogen-bond acceptors (Lipinski definition) is 4. The molecule has 0 amide bonds. The van der Waals surface area contributed by atoms with Crippen molar-refractivity contribution in [2.45, 2.75) is 39.0 Å². The van der Waals surface area contributed by atoms with Gasteiger partial charge in [0, 0.05) is 17.8 Å². The molecule has 0 spiro atoms. The molecule has 1 aromatic rings. The fourth-order valence-corrected chi connectivity index (χ4v) is 2.94. The number of hydrogen-bond donors (Lipinski definition) is 0. The van der Waals surface area contributed by atoms with Gasteiger partial charge in [0.05, 0.1) is 6.04 Å². The number of fused-ring (bicyclic) bond motifs is 1. The molecule has 0 radical (unpaired) electrons. The summed E-state index contributed by atoms with van der Waals surface area (Å²) >= 11 is 0. The van der Waals surface area contributed by atoms with E-state index in [-0.39, 0.29) is 18.7 Å². The summed E-state index contributed by atoms with van der Waals surface area (Å²) in [7, 11) is 0. The molecule has 0 fully saturated rings. The summed E-state index contributed by atoms with van der Waals surface area (Å²) in [5.41, 5.74) is 0.906. The van der Waals surface area contributed by atoms with Gasteiger partial charge in [0.1, 0.15) is 30.6 Å². The fourth-order valence-electron chi connectivity index (χ4n) is 2.94. The Balaban J connectivity index is 1.81. The van der Waals surface area contributed by atoms with Crippen LogP contribution in [0.5, 0.6) is 0 Å². The maximum absolute atomic E-state index is 14.1. The third-order valence-electron chi connectivity index (χ3n) is 4.25. The second-order valence-corrected chi connectivity index (χ2v) is 5.77. The van der Waals surface area contributed by atoms with Gasteiger partial charge in [-0.15, -0.1) is 0 Å². The first-order chi connectivity index (χ1) is 11.5. The first kappa shape index (κ1) is 16.4. The second kappa shape index (κ2) is 6.55. The largest absolute Gasteiger partial charge is 0.485 e. The molecule has 1 aromatic carbocycles. The molecule has 4 nitrogen and oxygen atoms in total. The normalized spacial score (nSPS) is 22.1. The van der Waals surface area contributed by atoms with Gasteiger partial charge in [-0.05, 0) is 37.1 Å². The number of carbonyl (C=O) groups excluding carboxylic acids is 1. The Kier molecular flexibility index (Phi) is 4.46. The molecule has 3 rings (SSSR count). The van der Waals surface area contributed by atoms with Crippen LogP contribution in [0.1, 0.15) is 25.0 Å². The predicted molar refractivity (Wildman–Crippen MR) is 86.3 cm³/mol. The smallest absolute Gasteiger partial charge is 0.171 e. The SMILES string of the molecule is CCc1cc(F)cc(F)c1COC1=CC=CN2C1=NC(C)C2C=O. The zero-order chi connectivity index (χ0) is 17.3. The first-order valence-electron chi connectivity index (χ1n) is 7.85. The summed E-state index contributed by atoms with van der Waals surface area (Å²) in [5, 5.41) is 0. The monoisotopic (exact) mass is 332 g/mol. The Labute approximate surface area is 139 Å². The third-order valence-corrected chi connectivity index (χ3v) is 4.25. The summed E-state index contributed by atoms with van der Waals surface area (Å²) in [6, 6.07) is 1.64. The van der Waals surface area contributed by atoms with Gasteiger partial charge in [-0.25, -0.2) is 8.78 Å². The van der Waals surface area contributed by atoms with Gasteiger partial charge in [-0.1, -0.05) is 6.92 Å². The van der Waals surface area contributed by atoms with Gasteiger partial charge >= 0.3 is 0 Å². The Morgan fingerprint density at radius 2 is 2.17 bits per heavy atom. The van der Waals surface area contributed by atoms with Crippen LogP contribution in [-0.4, -0.2) is 29.1 Å². The van der Waals surface area contributed by atoms with Gasteiger partial charge in [0.15, 0.2) is 11.6 Å². The molecule has 6 heteroatoms. The van der Waals surface area contributed by atoms with Crippen molar-refractivity contribution in [3.63, 3.8) is 0 Å². The van der Waals surface area contributed by atoms with Crippen LogP contribution in [0.4, 0.5) is 8.78 Å². The van der Waals surface area contributed by atoms with Crippen LogP contribution in [0, 0.1) is 11.6 Å². The van der Waals surface area contributed by atoms with E-state index in [1.165, 1.54) is 6.07 Å². The Hall–Kier alpha value is -2.50. The minimum atomic E-state index is -0.622. The molecule has 0 aliphatic carbocycles. The Bertz CT molecular complexity index is 756. The van der Waals surface area contributed by atoms with E-state index in [4.69, 9.17) is 4.74 Å². The zero-order valence-corrected chi connectivity index (χ0v) is 13.5. The van der Waals surface area contributed by atoms with Gasteiger partial charge < -0.3 is 14.4 Å². The fraction of sp³-hybridized carbons (Fsp3) is 0.333. The highest BCUT2D eigenvalue weighted by atomic mass is 19.1. The topological polar surface area (TPSA) is 41.9 Å². The molecule has 2 aliphatic rings. The summed E-state index contributed by atoms with van der Waals surface area (Å²) < 4.78 is 33.1. The third kappa shape index (κ3) is 2.84. The average molecular weight is 332 g/mol. The van der Waals surface area contributed by atoms with Crippen LogP contribution in [0.3, 0.4) is 0 Å². The summed E-state index contributed by atoms with van der Waals surface area (Å²) in [6.45, 7) is 3.66. The van der Waals surface area contributed by atoms with Gasteiger partial charge in [0.2, 0.25) is 0 Å². The second-order valence-electron chi connectivity index (χ2n) is 5.77. The predicted octanol–water partition coefficient (Wildman–Crippen LogP) is 3.13. The number of aldehydes is 1. The number of ether oxygens (including phenoxy) is 1. The van der Waals surface area contributed by atoms with Gasteiger partial charge in [-0.2, -0.15) is 0 Å². The summed E-state index contributed by atoms with van der Waals surface area (Å²) in [4.78, 5) is 17.4. The van der Waals surface area contributed by atoms with Crippen molar-refractivity contribution in [1.82, 2.24) is 4.90 Å². The number of amidine groups is 1. The number of benzene rings is 1. The van der Waals surface area contributed by atoms with Crippen molar-refractivity contribution in [2.24, 2.45) is 4.99 Å². The lowest BCUT2D eigenvalue weighted by molar-refractivity contribution is -0.110. The molecular formula is C18H18F2N2O2. The van der Waals surface area contributed by atoms with Crippen molar-refractivity contribution in [1.29, 1.82) is 0 Å². The first-order valence-corrected chi connectivity index (χ1v) is 7.85. The number of aliphatic imine (C=N–C) groups is 1. The van der Waals surface area contributed by atoms with E-state index in [0.29, 0.717) is 29.1 Å². The lowest BCUT2D eigenvalue weighted by Gasteiger charge is -2.25. The Morgan fingerprint density at radius 3 is 2.88 bits per heavy atom. The highest BCUT2D eigenvalue weighted by Gasteiger charge is 2.35. The molecule has 126 valence electrons. The number of nitrogens with zero attached hydrogens (tertiary/aromatic N) is 2. The lowest BCUT2D eigenvalue weighted by Crippen LogP contribution is -2.38. The van der Waals surface area contributed by atoms with E-state index >= 15 is 0 Å². The van der Waals surface area contributed by atoms with Crippen LogP contribution >= 0.6 is 0 Å². The molecule has 0 saturated carbocycles. The van der Waals surface area contributed by atoms with E-state index in [9.17, 15) is 13.6 Å². The van der Waals surface area contributed by atoms with Crippen LogP contribution in [-0.2, 0) is 22.6 Å². The molecule has 2 heterocycles. The summed E-state index contributed by atoms with van der Waals surface area (Å²) in [6.07, 6.45) is 6.60. The molecule has 0 aromatic heterocycles. The zero-order valence-electron chi connectivity index (χ0n) is 13.5. The van der Waals surface area contributed by atoms with Gasteiger partial charge in [0.25, 0.3) is 0 Å². The molecule has 24 heavy (non-hydrogen) atoms. The standard InChI is InChI=1S/C18H18F2N2O2/c1-3-12-7-13(19)8-15(20)14(12)10-24-17-5-4-6-22-16(9-23)11(2)21-18(17)22/h4-9,11,16H,3,10H2,1-2H3. The summed E-state index contributed by atoms with van der Waals surface area (Å²) in [5.74, 6) is -0.188. The van der Waals surface area contributed by atoms with Crippen LogP contribution in [0.2, 0.25) is 0 Å². The van der Waals surface area contributed by atoms with E-state index in [1.807, 2.05) is 13.8 Å². The molecule has 2 aliphatic heterocycles. The molecule has 0 bridgehead atoms. The van der Waals surface area contributed by atoms with Crippen molar-refractivity contribution >= 4 is 12.1 Å². The number of halogens is 2. The minimum Gasteiger partial charge on any atom is -0.485 e. The van der Waals surface area contributed by atoms with Crippen molar-refractivity contribution in [3.8, 4) is 0 Å². The number of rotatable bonds is 5. The van der Waals surface area contributed by atoms with Crippen LogP contribution < -0.4 is 0 Å². The molecule has 2 atom stereocenters. The average Bonchev–Trinajstić information content (AvgIpc) is 2.89. The van der Waals surface area contributed by atoms with E-state index in [0.717, 1.165) is 12.4 Å². The number of carbonyl (C=O) groups is 1. The Morgan fingerprint density at radius 1 is 1.38 bits per heavy atom. The van der Waals surface area contributed by atoms with Crippen LogP contribution in [0.15, 0.2) is 41.2 Å². The quantitative estimate of drug-likeness (QED) is 0.778. The van der Waals surface area contributed by atoms with E-state index in [2.05, 4.69) is 4.99 Å². The maximum Gasteiger partial charge on any atom is 0.171 e. The maximum atomic E-state index is 14.1. The van der Waals surface area contributed by atoms with Gasteiger partial charge in [-0.3, -0.25) is 4.99 Å². The van der Waals surface area contributed by atoms with Crippen molar-refractivity contribution < 1.29 is 18.3 Å². The van der Waals surface area contributed by atoms with E-state index < -0.39 is 11.6 Å². The minimum absolute atomic E-state index is 0.0258. The highest BCUT2D eigenvalue weighted by molar-refractivity contribution is 6.01. The highest BCUT2D eigenvalue weighted by Crippen LogP contribution is 2.26. The van der Waals surface area contributed by atoms with Crippen molar-refractivity contribution in [3.05, 3.63) is 59.0 Å². The van der Waals surface area contributed by atoms with E-state index in [1.54, 1.807) is 23.3 Å². The lowest BCUT2D eigenvalue weighted by atomic mass is 10.0. The van der Waals surface area contributed by atoms with Crippen LogP contribution in [0.25, 0.3) is 0 Å². The number of aryl methyl sites for hydroxylation is 1. The molecule has 2 unspecified atom stereocenters. The molecular weight excluding hydrogens is 314 g/mol. The number of allylic oxidation sites excluding steroid dienone is 2. The molecule has 0 N–H and O–H groups in total.